The lowest BCUT2D eigenvalue weighted by molar-refractivity contribution is 0.236. The molecule has 0 aliphatic heterocycles. The van der Waals surface area contributed by atoms with E-state index >= 15 is 0 Å². The predicted molar refractivity (Wildman–Crippen MR) is 105 cm³/mol. The smallest absolute Gasteiger partial charge is 0.0597 e. The van der Waals surface area contributed by atoms with E-state index in [0.29, 0.717) is 6.04 Å². The van der Waals surface area contributed by atoms with Crippen molar-refractivity contribution in [3.63, 3.8) is 0 Å². The molecule has 0 saturated carbocycles. The zero-order chi connectivity index (χ0) is 17.7. The van der Waals surface area contributed by atoms with Crippen molar-refractivity contribution in [2.24, 2.45) is 0 Å². The number of rotatable bonds is 12. The van der Waals surface area contributed by atoms with Crippen LogP contribution in [0.3, 0.4) is 0 Å². The average molecular weight is 341 g/mol. The fourth-order valence-corrected chi connectivity index (χ4v) is 2.94. The minimum Gasteiger partial charge on any atom is -0.395 e. The quantitative estimate of drug-likeness (QED) is 0.474. The Hall–Kier alpha value is -1.72. The second-order valence-electron chi connectivity index (χ2n) is 6.42. The van der Waals surface area contributed by atoms with Gasteiger partial charge in [0.15, 0.2) is 0 Å². The third-order valence-corrected chi connectivity index (χ3v) is 4.34. The highest BCUT2D eigenvalue weighted by molar-refractivity contribution is 5.17. The molecule has 0 amide bonds. The van der Waals surface area contributed by atoms with Gasteiger partial charge in [-0.05, 0) is 37.6 Å². The van der Waals surface area contributed by atoms with E-state index in [0.717, 1.165) is 32.5 Å². The Labute approximate surface area is 151 Å². The van der Waals surface area contributed by atoms with Crippen molar-refractivity contribution >= 4 is 0 Å². The zero-order valence-electron chi connectivity index (χ0n) is 15.1. The van der Waals surface area contributed by atoms with Gasteiger partial charge < -0.3 is 21.1 Å². The maximum absolute atomic E-state index is 9.46. The number of hydrogen-bond acceptors (Lipinski definition) is 4. The lowest BCUT2D eigenvalue weighted by Gasteiger charge is -2.23. The second kappa shape index (κ2) is 11.8. The summed E-state index contributed by atoms with van der Waals surface area (Å²) in [6.07, 6.45) is 1.99. The van der Waals surface area contributed by atoms with Crippen LogP contribution in [-0.4, -0.2) is 50.5 Å². The van der Waals surface area contributed by atoms with Gasteiger partial charge >= 0.3 is 0 Å². The number of aliphatic hydroxyl groups is 1. The first-order valence-corrected chi connectivity index (χ1v) is 9.12. The molecule has 4 heteroatoms. The Morgan fingerprint density at radius 2 is 1.44 bits per heavy atom. The molecule has 136 valence electrons. The van der Waals surface area contributed by atoms with Crippen molar-refractivity contribution in [2.45, 2.75) is 24.9 Å². The standard InChI is InChI=1S/C21H31N3O/c1-22-15-21(17-25)24-16-20(14-19-10-6-3-7-11-19)23-13-12-18-8-4-2-5-9-18/h2-11,20-25H,12-17H2,1H3/t20-,21?/m0/s1. The van der Waals surface area contributed by atoms with Gasteiger partial charge in [-0.2, -0.15) is 0 Å². The third-order valence-electron chi connectivity index (χ3n) is 4.34. The number of benzene rings is 2. The van der Waals surface area contributed by atoms with E-state index in [9.17, 15) is 5.11 Å². The van der Waals surface area contributed by atoms with Gasteiger partial charge in [-0.3, -0.25) is 0 Å². The summed E-state index contributed by atoms with van der Waals surface area (Å²) < 4.78 is 0. The summed E-state index contributed by atoms with van der Waals surface area (Å²) in [4.78, 5) is 0. The van der Waals surface area contributed by atoms with E-state index in [1.165, 1.54) is 11.1 Å². The first-order valence-electron chi connectivity index (χ1n) is 9.12. The molecule has 2 aromatic carbocycles. The third kappa shape index (κ3) is 7.80. The molecule has 0 spiro atoms. The summed E-state index contributed by atoms with van der Waals surface area (Å²) in [5, 5.41) is 19.7. The highest BCUT2D eigenvalue weighted by Crippen LogP contribution is 2.04. The number of nitrogens with one attached hydrogen (secondary N) is 3. The molecule has 0 saturated heterocycles. The summed E-state index contributed by atoms with van der Waals surface area (Å²) in [7, 11) is 1.91. The summed E-state index contributed by atoms with van der Waals surface area (Å²) in [6.45, 7) is 2.68. The lowest BCUT2D eigenvalue weighted by atomic mass is 10.0. The SMILES string of the molecule is CNCC(CO)NC[C@H](Cc1ccccc1)NCCc1ccccc1. The Bertz CT molecular complexity index is 562. The van der Waals surface area contributed by atoms with E-state index < -0.39 is 0 Å². The Kier molecular flexibility index (Phi) is 9.23. The van der Waals surface area contributed by atoms with Crippen LogP contribution in [0.5, 0.6) is 0 Å². The molecule has 0 heterocycles. The van der Waals surface area contributed by atoms with Gasteiger partial charge in [0.25, 0.3) is 0 Å². The van der Waals surface area contributed by atoms with Crippen LogP contribution < -0.4 is 16.0 Å². The Balaban J connectivity index is 1.86. The Morgan fingerprint density at radius 3 is 2.04 bits per heavy atom. The van der Waals surface area contributed by atoms with Crippen LogP contribution in [0.4, 0.5) is 0 Å². The van der Waals surface area contributed by atoms with Crippen molar-refractivity contribution in [1.29, 1.82) is 0 Å². The van der Waals surface area contributed by atoms with Crippen LogP contribution in [0.2, 0.25) is 0 Å². The van der Waals surface area contributed by atoms with Crippen LogP contribution in [-0.2, 0) is 12.8 Å². The normalized spacial score (nSPS) is 13.5. The van der Waals surface area contributed by atoms with E-state index in [2.05, 4.69) is 70.5 Å². The largest absolute Gasteiger partial charge is 0.395 e. The van der Waals surface area contributed by atoms with E-state index in [1.807, 2.05) is 13.1 Å². The lowest BCUT2D eigenvalue weighted by Crippen LogP contribution is -2.48. The fourth-order valence-electron chi connectivity index (χ4n) is 2.94. The first kappa shape index (κ1) is 19.6. The second-order valence-corrected chi connectivity index (χ2v) is 6.42. The molecule has 2 atom stereocenters. The molecule has 0 aliphatic carbocycles. The van der Waals surface area contributed by atoms with Crippen LogP contribution in [0, 0.1) is 0 Å². The van der Waals surface area contributed by atoms with Crippen molar-refractivity contribution in [1.82, 2.24) is 16.0 Å². The van der Waals surface area contributed by atoms with Gasteiger partial charge in [0.2, 0.25) is 0 Å². The van der Waals surface area contributed by atoms with Gasteiger partial charge in [-0.25, -0.2) is 0 Å². The molecular weight excluding hydrogens is 310 g/mol. The minimum atomic E-state index is 0.0826. The zero-order valence-corrected chi connectivity index (χ0v) is 15.1. The molecule has 0 bridgehead atoms. The number of likely N-dealkylation sites (N-methyl/N-ethyl adjacent to an activating group) is 1. The molecule has 4 N–H and O–H groups in total. The topological polar surface area (TPSA) is 56.3 Å². The van der Waals surface area contributed by atoms with Crippen molar-refractivity contribution in [2.75, 3.05) is 33.3 Å². The van der Waals surface area contributed by atoms with E-state index in [1.54, 1.807) is 0 Å². The summed E-state index contributed by atoms with van der Waals surface area (Å²) >= 11 is 0. The predicted octanol–water partition coefficient (Wildman–Crippen LogP) is 1.60. The van der Waals surface area contributed by atoms with Crippen LogP contribution in [0.1, 0.15) is 11.1 Å². The van der Waals surface area contributed by atoms with Crippen molar-refractivity contribution < 1.29 is 5.11 Å². The van der Waals surface area contributed by atoms with Crippen LogP contribution >= 0.6 is 0 Å². The van der Waals surface area contributed by atoms with Crippen LogP contribution in [0.25, 0.3) is 0 Å². The molecule has 0 aliphatic rings. The Morgan fingerprint density at radius 1 is 0.800 bits per heavy atom. The fraction of sp³-hybridized carbons (Fsp3) is 0.429. The molecule has 0 fully saturated rings. The average Bonchev–Trinajstić information content (AvgIpc) is 2.66. The van der Waals surface area contributed by atoms with Gasteiger partial charge in [0, 0.05) is 25.2 Å². The molecule has 25 heavy (non-hydrogen) atoms. The highest BCUT2D eigenvalue weighted by Gasteiger charge is 2.12. The molecule has 4 nitrogen and oxygen atoms in total. The first-order chi connectivity index (χ1) is 12.3. The van der Waals surface area contributed by atoms with Gasteiger partial charge in [0.1, 0.15) is 0 Å². The maximum Gasteiger partial charge on any atom is 0.0597 e. The maximum atomic E-state index is 9.46. The monoisotopic (exact) mass is 341 g/mol. The summed E-state index contributed by atoms with van der Waals surface area (Å²) in [5.74, 6) is 0. The summed E-state index contributed by atoms with van der Waals surface area (Å²) in [6, 6.07) is 21.5. The molecule has 0 radical (unpaired) electrons. The molecule has 0 aromatic heterocycles. The van der Waals surface area contributed by atoms with Gasteiger partial charge in [0.05, 0.1) is 6.61 Å². The highest BCUT2D eigenvalue weighted by atomic mass is 16.3. The molecular formula is C21H31N3O. The van der Waals surface area contributed by atoms with E-state index in [4.69, 9.17) is 0 Å². The molecule has 1 unspecified atom stereocenters. The van der Waals surface area contributed by atoms with Crippen LogP contribution in [0.15, 0.2) is 60.7 Å². The van der Waals surface area contributed by atoms with Gasteiger partial charge in [-0.15, -0.1) is 0 Å². The molecule has 2 rings (SSSR count). The van der Waals surface area contributed by atoms with Crippen molar-refractivity contribution in [3.05, 3.63) is 71.8 Å². The van der Waals surface area contributed by atoms with Gasteiger partial charge in [-0.1, -0.05) is 60.7 Å². The minimum absolute atomic E-state index is 0.0826. The van der Waals surface area contributed by atoms with Crippen molar-refractivity contribution in [3.8, 4) is 0 Å². The number of aliphatic hydroxyl groups excluding tert-OH is 1. The van der Waals surface area contributed by atoms with E-state index in [-0.39, 0.29) is 12.6 Å². The molecule has 2 aromatic rings. The number of hydrogen-bond donors (Lipinski definition) is 4. The summed E-state index contributed by atoms with van der Waals surface area (Å²) in [5.41, 5.74) is 2.68.